The fourth-order valence-corrected chi connectivity index (χ4v) is 3.18. The number of rotatable bonds is 2. The van der Waals surface area contributed by atoms with Gasteiger partial charge in [-0.15, -0.1) is 11.3 Å². The molecule has 0 saturated heterocycles. The third-order valence-electron chi connectivity index (χ3n) is 3.69. The standard InChI is InChI=1S/C16H15N3O2S/c1-10-12-6-4-5-7-13(12)15(21)19(10)11(2)14(20)17-16-18(3)8-9-22-16/h4-9,11H,1H2,2-3H3/t11-/m0/s1. The number of benzene rings is 1. The van der Waals surface area contributed by atoms with Gasteiger partial charge < -0.3 is 4.57 Å². The Hall–Kier alpha value is -2.47. The molecule has 0 radical (unpaired) electrons. The van der Waals surface area contributed by atoms with Gasteiger partial charge in [0.2, 0.25) is 0 Å². The van der Waals surface area contributed by atoms with Gasteiger partial charge in [0.05, 0.1) is 0 Å². The van der Waals surface area contributed by atoms with Crippen LogP contribution in [0.1, 0.15) is 22.8 Å². The molecule has 2 heterocycles. The molecule has 6 heteroatoms. The van der Waals surface area contributed by atoms with Gasteiger partial charge in [0.15, 0.2) is 4.80 Å². The van der Waals surface area contributed by atoms with Gasteiger partial charge in [0, 0.05) is 35.4 Å². The van der Waals surface area contributed by atoms with Gasteiger partial charge in [0.1, 0.15) is 6.04 Å². The summed E-state index contributed by atoms with van der Waals surface area (Å²) in [6.45, 7) is 5.63. The largest absolute Gasteiger partial charge is 0.327 e. The number of carbonyl (C=O) groups is 2. The molecule has 1 atom stereocenters. The summed E-state index contributed by atoms with van der Waals surface area (Å²) in [7, 11) is 1.82. The summed E-state index contributed by atoms with van der Waals surface area (Å²) in [5.74, 6) is -0.562. The molecule has 22 heavy (non-hydrogen) atoms. The predicted octanol–water partition coefficient (Wildman–Crippen LogP) is 2.03. The van der Waals surface area contributed by atoms with Crippen molar-refractivity contribution in [2.75, 3.05) is 0 Å². The number of amides is 2. The predicted molar refractivity (Wildman–Crippen MR) is 85.0 cm³/mol. The Kier molecular flexibility index (Phi) is 3.54. The van der Waals surface area contributed by atoms with Crippen molar-refractivity contribution < 1.29 is 9.59 Å². The van der Waals surface area contributed by atoms with Crippen LogP contribution in [-0.4, -0.2) is 27.3 Å². The van der Waals surface area contributed by atoms with Crippen molar-refractivity contribution in [3.63, 3.8) is 0 Å². The van der Waals surface area contributed by atoms with Crippen molar-refractivity contribution in [3.8, 4) is 0 Å². The fraction of sp³-hybridized carbons (Fsp3) is 0.188. The summed E-state index contributed by atoms with van der Waals surface area (Å²) in [5, 5.41) is 1.85. The number of nitrogens with zero attached hydrogens (tertiary/aromatic N) is 3. The molecular weight excluding hydrogens is 298 g/mol. The summed E-state index contributed by atoms with van der Waals surface area (Å²) < 4.78 is 1.77. The fourth-order valence-electron chi connectivity index (χ4n) is 2.45. The van der Waals surface area contributed by atoms with Crippen molar-refractivity contribution in [2.24, 2.45) is 12.0 Å². The third-order valence-corrected chi connectivity index (χ3v) is 4.54. The number of fused-ring (bicyclic) bond motifs is 1. The average Bonchev–Trinajstić information content (AvgIpc) is 3.02. The van der Waals surface area contributed by atoms with Gasteiger partial charge >= 0.3 is 0 Å². The number of aryl methyl sites for hydroxylation is 1. The molecule has 1 aliphatic heterocycles. The summed E-state index contributed by atoms with van der Waals surface area (Å²) in [6.07, 6.45) is 1.83. The first-order valence-corrected chi connectivity index (χ1v) is 7.69. The van der Waals surface area contributed by atoms with Gasteiger partial charge in [0.25, 0.3) is 11.8 Å². The number of aromatic nitrogens is 1. The molecule has 3 rings (SSSR count). The molecule has 2 aromatic rings. The lowest BCUT2D eigenvalue weighted by Gasteiger charge is -2.22. The Bertz CT molecular complexity index is 812. The van der Waals surface area contributed by atoms with Crippen molar-refractivity contribution in [2.45, 2.75) is 13.0 Å². The van der Waals surface area contributed by atoms with E-state index in [1.807, 2.05) is 30.8 Å². The molecule has 0 aliphatic carbocycles. The molecule has 1 aromatic heterocycles. The second-order valence-corrected chi connectivity index (χ2v) is 5.96. The second kappa shape index (κ2) is 5.38. The molecule has 0 N–H and O–H groups in total. The van der Waals surface area contributed by atoms with E-state index in [1.165, 1.54) is 16.2 Å². The first kappa shape index (κ1) is 14.5. The molecule has 1 aliphatic rings. The first-order chi connectivity index (χ1) is 10.5. The Balaban J connectivity index is 1.93. The molecule has 0 fully saturated rings. The minimum atomic E-state index is -0.686. The van der Waals surface area contributed by atoms with E-state index in [4.69, 9.17) is 0 Å². The first-order valence-electron chi connectivity index (χ1n) is 6.81. The van der Waals surface area contributed by atoms with Crippen LogP contribution in [-0.2, 0) is 11.8 Å². The van der Waals surface area contributed by atoms with Crippen LogP contribution in [0.4, 0.5) is 0 Å². The van der Waals surface area contributed by atoms with Crippen LogP contribution in [0.15, 0.2) is 47.4 Å². The van der Waals surface area contributed by atoms with Crippen molar-refractivity contribution in [1.82, 2.24) is 9.47 Å². The van der Waals surface area contributed by atoms with E-state index in [0.29, 0.717) is 16.1 Å². The van der Waals surface area contributed by atoms with Crippen LogP contribution < -0.4 is 4.80 Å². The molecule has 0 saturated carbocycles. The van der Waals surface area contributed by atoms with Crippen LogP contribution in [0.25, 0.3) is 5.70 Å². The highest BCUT2D eigenvalue weighted by atomic mass is 32.1. The smallest absolute Gasteiger partial charge is 0.271 e. The summed E-state index contributed by atoms with van der Waals surface area (Å²) in [5.41, 5.74) is 1.90. The Morgan fingerprint density at radius 1 is 1.32 bits per heavy atom. The molecule has 1 aromatic carbocycles. The van der Waals surface area contributed by atoms with E-state index < -0.39 is 6.04 Å². The quantitative estimate of drug-likeness (QED) is 0.852. The topological polar surface area (TPSA) is 54.7 Å². The highest BCUT2D eigenvalue weighted by molar-refractivity contribution is 7.07. The van der Waals surface area contributed by atoms with Gasteiger partial charge in [-0.2, -0.15) is 4.99 Å². The van der Waals surface area contributed by atoms with Crippen LogP contribution in [0.2, 0.25) is 0 Å². The van der Waals surface area contributed by atoms with Crippen molar-refractivity contribution in [1.29, 1.82) is 0 Å². The van der Waals surface area contributed by atoms with Crippen molar-refractivity contribution >= 4 is 28.8 Å². The lowest BCUT2D eigenvalue weighted by atomic mass is 10.1. The normalized spacial score (nSPS) is 16.1. The third kappa shape index (κ3) is 2.21. The highest BCUT2D eigenvalue weighted by Gasteiger charge is 2.36. The SMILES string of the molecule is C=C1c2ccccc2C(=O)N1[C@@H](C)C(=O)N=c1sccn1C. The van der Waals surface area contributed by atoms with E-state index in [2.05, 4.69) is 11.6 Å². The molecule has 2 amide bonds. The van der Waals surface area contributed by atoms with Gasteiger partial charge in [-0.25, -0.2) is 0 Å². The number of thiazole rings is 1. The maximum atomic E-state index is 12.5. The molecule has 0 unspecified atom stereocenters. The monoisotopic (exact) mass is 313 g/mol. The minimum Gasteiger partial charge on any atom is -0.327 e. The van der Waals surface area contributed by atoms with E-state index in [1.54, 1.807) is 23.6 Å². The zero-order valence-corrected chi connectivity index (χ0v) is 13.1. The summed E-state index contributed by atoms with van der Waals surface area (Å²) in [6, 6.07) is 6.55. The highest BCUT2D eigenvalue weighted by Crippen LogP contribution is 2.32. The van der Waals surface area contributed by atoms with Gasteiger partial charge in [-0.05, 0) is 13.0 Å². The Labute approximate surface area is 131 Å². The van der Waals surface area contributed by atoms with Crippen LogP contribution in [0.3, 0.4) is 0 Å². The maximum absolute atomic E-state index is 12.5. The lowest BCUT2D eigenvalue weighted by molar-refractivity contribution is -0.121. The Morgan fingerprint density at radius 3 is 2.59 bits per heavy atom. The number of hydrogen-bond acceptors (Lipinski definition) is 3. The van der Waals surface area contributed by atoms with Crippen LogP contribution >= 0.6 is 11.3 Å². The number of carbonyl (C=O) groups excluding carboxylic acids is 2. The van der Waals surface area contributed by atoms with E-state index in [9.17, 15) is 9.59 Å². The molecular formula is C16H15N3O2S. The lowest BCUT2D eigenvalue weighted by Crippen LogP contribution is -2.38. The number of hydrogen-bond donors (Lipinski definition) is 0. The van der Waals surface area contributed by atoms with E-state index in [-0.39, 0.29) is 11.8 Å². The zero-order chi connectivity index (χ0) is 15.9. The van der Waals surface area contributed by atoms with Gasteiger partial charge in [-0.3, -0.25) is 14.5 Å². The van der Waals surface area contributed by atoms with Gasteiger partial charge in [-0.1, -0.05) is 24.8 Å². The average molecular weight is 313 g/mol. The summed E-state index contributed by atoms with van der Waals surface area (Å²) in [4.78, 5) is 31.0. The minimum absolute atomic E-state index is 0.202. The molecule has 0 spiro atoms. The summed E-state index contributed by atoms with van der Waals surface area (Å²) >= 11 is 1.38. The molecule has 112 valence electrons. The zero-order valence-electron chi connectivity index (χ0n) is 12.3. The molecule has 5 nitrogen and oxygen atoms in total. The van der Waals surface area contributed by atoms with Crippen molar-refractivity contribution in [3.05, 3.63) is 58.3 Å². The van der Waals surface area contributed by atoms with Crippen LogP contribution in [0.5, 0.6) is 0 Å². The van der Waals surface area contributed by atoms with E-state index >= 15 is 0 Å². The van der Waals surface area contributed by atoms with E-state index in [0.717, 1.165) is 5.56 Å². The second-order valence-electron chi connectivity index (χ2n) is 5.09. The molecule has 0 bridgehead atoms. The Morgan fingerprint density at radius 2 is 2.00 bits per heavy atom. The van der Waals surface area contributed by atoms with Crippen LogP contribution in [0, 0.1) is 0 Å². The maximum Gasteiger partial charge on any atom is 0.271 e.